The molecule has 1 amide bonds. The summed E-state index contributed by atoms with van der Waals surface area (Å²) in [7, 11) is 0. The maximum Gasteiger partial charge on any atom is 0.256 e. The van der Waals surface area contributed by atoms with Crippen molar-refractivity contribution >= 4 is 11.6 Å². The van der Waals surface area contributed by atoms with Crippen LogP contribution in [0.3, 0.4) is 0 Å². The minimum Gasteiger partial charge on any atom is -0.397 e. The van der Waals surface area contributed by atoms with Gasteiger partial charge in [-0.05, 0) is 24.8 Å². The molecule has 1 aliphatic rings. The molecule has 1 unspecified atom stereocenters. The first-order valence-corrected chi connectivity index (χ1v) is 5.82. The number of rotatable bonds is 2. The molecule has 5 heteroatoms. The van der Waals surface area contributed by atoms with Crippen LogP contribution in [0.1, 0.15) is 23.2 Å². The number of hydrogen-bond acceptors (Lipinski definition) is 4. The largest absolute Gasteiger partial charge is 0.397 e. The molecule has 17 heavy (non-hydrogen) atoms. The zero-order valence-corrected chi connectivity index (χ0v) is 9.67. The lowest BCUT2D eigenvalue weighted by Gasteiger charge is -2.32. The Morgan fingerprint density at radius 1 is 1.65 bits per heavy atom. The van der Waals surface area contributed by atoms with Crippen LogP contribution in [0, 0.1) is 5.92 Å². The van der Waals surface area contributed by atoms with Crippen LogP contribution in [0.5, 0.6) is 0 Å². The second kappa shape index (κ2) is 5.14. The van der Waals surface area contributed by atoms with Gasteiger partial charge in [-0.2, -0.15) is 0 Å². The first-order valence-electron chi connectivity index (χ1n) is 5.82. The van der Waals surface area contributed by atoms with Crippen molar-refractivity contribution in [2.24, 2.45) is 5.92 Å². The lowest BCUT2D eigenvalue weighted by atomic mass is 9.98. The molecule has 0 saturated carbocycles. The molecule has 0 aliphatic carbocycles. The Bertz CT molecular complexity index is 408. The molecule has 1 atom stereocenters. The third-order valence-corrected chi connectivity index (χ3v) is 3.15. The zero-order valence-electron chi connectivity index (χ0n) is 9.67. The molecule has 1 aromatic heterocycles. The molecular weight excluding hydrogens is 218 g/mol. The topological polar surface area (TPSA) is 79.5 Å². The summed E-state index contributed by atoms with van der Waals surface area (Å²) in [4.78, 5) is 17.8. The highest BCUT2D eigenvalue weighted by Crippen LogP contribution is 2.19. The standard InChI is InChI=1S/C12H17N3O2/c13-11-6-14-4-3-10(11)12(17)15-5-1-2-9(7-15)8-16/h3-4,6,9,16H,1-2,5,7-8,13H2. The summed E-state index contributed by atoms with van der Waals surface area (Å²) >= 11 is 0. The van der Waals surface area contributed by atoms with Crippen LogP contribution in [-0.4, -0.2) is 40.6 Å². The number of anilines is 1. The fraction of sp³-hybridized carbons (Fsp3) is 0.500. The summed E-state index contributed by atoms with van der Waals surface area (Å²) in [5.41, 5.74) is 6.64. The summed E-state index contributed by atoms with van der Waals surface area (Å²) in [6.45, 7) is 1.48. The van der Waals surface area contributed by atoms with Crippen LogP contribution >= 0.6 is 0 Å². The van der Waals surface area contributed by atoms with E-state index in [9.17, 15) is 4.79 Å². The number of pyridine rings is 1. The van der Waals surface area contributed by atoms with Gasteiger partial charge in [0, 0.05) is 25.9 Å². The van der Waals surface area contributed by atoms with Gasteiger partial charge >= 0.3 is 0 Å². The van der Waals surface area contributed by atoms with Crippen molar-refractivity contribution in [2.75, 3.05) is 25.4 Å². The van der Waals surface area contributed by atoms with Gasteiger partial charge in [0.05, 0.1) is 17.4 Å². The summed E-state index contributed by atoms with van der Waals surface area (Å²) in [5, 5.41) is 9.14. The highest BCUT2D eigenvalue weighted by atomic mass is 16.3. The molecular formula is C12H17N3O2. The second-order valence-corrected chi connectivity index (χ2v) is 4.40. The summed E-state index contributed by atoms with van der Waals surface area (Å²) in [6.07, 6.45) is 4.96. The van der Waals surface area contributed by atoms with E-state index in [2.05, 4.69) is 4.98 Å². The highest BCUT2D eigenvalue weighted by Gasteiger charge is 2.24. The average Bonchev–Trinajstić information content (AvgIpc) is 2.38. The van der Waals surface area contributed by atoms with Gasteiger partial charge in [-0.3, -0.25) is 9.78 Å². The van der Waals surface area contributed by atoms with E-state index in [1.165, 1.54) is 6.20 Å². The second-order valence-electron chi connectivity index (χ2n) is 4.40. The average molecular weight is 235 g/mol. The van der Waals surface area contributed by atoms with Gasteiger partial charge in [-0.1, -0.05) is 0 Å². The molecule has 0 bridgehead atoms. The van der Waals surface area contributed by atoms with E-state index >= 15 is 0 Å². The predicted octanol–water partition coefficient (Wildman–Crippen LogP) is 0.508. The van der Waals surface area contributed by atoms with Gasteiger partial charge in [-0.15, -0.1) is 0 Å². The quantitative estimate of drug-likeness (QED) is 0.782. The fourth-order valence-electron chi connectivity index (χ4n) is 2.17. The van der Waals surface area contributed by atoms with Crippen LogP contribution in [0.4, 0.5) is 5.69 Å². The van der Waals surface area contributed by atoms with Crippen molar-refractivity contribution in [2.45, 2.75) is 12.8 Å². The van der Waals surface area contributed by atoms with E-state index in [0.717, 1.165) is 19.4 Å². The van der Waals surface area contributed by atoms with Crippen molar-refractivity contribution in [3.05, 3.63) is 24.0 Å². The Labute approximate surface area is 100 Å². The zero-order chi connectivity index (χ0) is 12.3. The predicted molar refractivity (Wildman–Crippen MR) is 64.4 cm³/mol. The number of aromatic nitrogens is 1. The van der Waals surface area contributed by atoms with Crippen molar-refractivity contribution in [1.29, 1.82) is 0 Å². The van der Waals surface area contributed by atoms with Crippen LogP contribution in [-0.2, 0) is 0 Å². The molecule has 2 heterocycles. The SMILES string of the molecule is Nc1cnccc1C(=O)N1CCCC(CO)C1. The number of aliphatic hydroxyl groups is 1. The Hall–Kier alpha value is -1.62. The Kier molecular flexibility index (Phi) is 3.58. The molecule has 1 aliphatic heterocycles. The summed E-state index contributed by atoms with van der Waals surface area (Å²) < 4.78 is 0. The van der Waals surface area contributed by atoms with Gasteiger partial charge < -0.3 is 15.7 Å². The third kappa shape index (κ3) is 2.55. The van der Waals surface area contributed by atoms with E-state index in [4.69, 9.17) is 10.8 Å². The van der Waals surface area contributed by atoms with Gasteiger partial charge in [0.15, 0.2) is 0 Å². The number of piperidine rings is 1. The number of amides is 1. The molecule has 1 aromatic rings. The number of aliphatic hydroxyl groups excluding tert-OH is 1. The normalized spacial score (nSPS) is 20.3. The molecule has 5 nitrogen and oxygen atoms in total. The smallest absolute Gasteiger partial charge is 0.256 e. The maximum atomic E-state index is 12.2. The molecule has 92 valence electrons. The lowest BCUT2D eigenvalue weighted by Crippen LogP contribution is -2.41. The van der Waals surface area contributed by atoms with Crippen LogP contribution < -0.4 is 5.73 Å². The molecule has 0 spiro atoms. The molecule has 0 aromatic carbocycles. The number of nitrogens with two attached hydrogens (primary N) is 1. The fourth-order valence-corrected chi connectivity index (χ4v) is 2.17. The van der Waals surface area contributed by atoms with Gasteiger partial charge in [0.2, 0.25) is 0 Å². The van der Waals surface area contributed by atoms with E-state index in [-0.39, 0.29) is 18.4 Å². The molecule has 0 radical (unpaired) electrons. The van der Waals surface area contributed by atoms with Crippen molar-refractivity contribution < 1.29 is 9.90 Å². The number of carbonyl (C=O) groups excluding carboxylic acids is 1. The minimum absolute atomic E-state index is 0.0666. The molecule has 1 saturated heterocycles. The maximum absolute atomic E-state index is 12.2. The van der Waals surface area contributed by atoms with Gasteiger partial charge in [-0.25, -0.2) is 0 Å². The summed E-state index contributed by atoms with van der Waals surface area (Å²) in [6, 6.07) is 1.64. The van der Waals surface area contributed by atoms with Crippen molar-refractivity contribution in [3.8, 4) is 0 Å². The number of carbonyl (C=O) groups is 1. The van der Waals surface area contributed by atoms with E-state index < -0.39 is 0 Å². The number of hydrogen-bond donors (Lipinski definition) is 2. The highest BCUT2D eigenvalue weighted by molar-refractivity contribution is 5.98. The third-order valence-electron chi connectivity index (χ3n) is 3.15. The first kappa shape index (κ1) is 11.9. The van der Waals surface area contributed by atoms with E-state index in [1.54, 1.807) is 17.2 Å². The summed E-state index contributed by atoms with van der Waals surface area (Å²) in [5.74, 6) is 0.124. The Morgan fingerprint density at radius 3 is 3.18 bits per heavy atom. The van der Waals surface area contributed by atoms with Crippen molar-refractivity contribution in [3.63, 3.8) is 0 Å². The molecule has 1 fully saturated rings. The number of likely N-dealkylation sites (tertiary alicyclic amines) is 1. The molecule has 3 N–H and O–H groups in total. The van der Waals surface area contributed by atoms with E-state index in [1.807, 2.05) is 0 Å². The first-order chi connectivity index (χ1) is 8.22. The minimum atomic E-state index is -0.0666. The van der Waals surface area contributed by atoms with E-state index in [0.29, 0.717) is 17.8 Å². The van der Waals surface area contributed by atoms with Crippen LogP contribution in [0.2, 0.25) is 0 Å². The number of nitrogen functional groups attached to an aromatic ring is 1. The van der Waals surface area contributed by atoms with Gasteiger partial charge in [0.1, 0.15) is 0 Å². The van der Waals surface area contributed by atoms with Crippen molar-refractivity contribution in [1.82, 2.24) is 9.88 Å². The number of nitrogens with zero attached hydrogens (tertiary/aromatic N) is 2. The van der Waals surface area contributed by atoms with Crippen LogP contribution in [0.25, 0.3) is 0 Å². The lowest BCUT2D eigenvalue weighted by molar-refractivity contribution is 0.0621. The van der Waals surface area contributed by atoms with Crippen LogP contribution in [0.15, 0.2) is 18.5 Å². The Balaban J connectivity index is 2.12. The molecule has 2 rings (SSSR count). The van der Waals surface area contributed by atoms with Gasteiger partial charge in [0.25, 0.3) is 5.91 Å². The monoisotopic (exact) mass is 235 g/mol. The Morgan fingerprint density at radius 2 is 2.47 bits per heavy atom.